The third-order valence-electron chi connectivity index (χ3n) is 3.83. The smallest absolute Gasteiger partial charge is 0.285 e. The lowest BCUT2D eigenvalue weighted by molar-refractivity contribution is -0.258. The van der Waals surface area contributed by atoms with Gasteiger partial charge in [-0.3, -0.25) is 14.4 Å². The van der Waals surface area contributed by atoms with E-state index in [0.29, 0.717) is 5.06 Å². The molecular formula is C14H15NO7S. The van der Waals surface area contributed by atoms with Crippen molar-refractivity contribution in [2.45, 2.75) is 29.9 Å². The molecule has 2 heterocycles. The Morgan fingerprint density at radius 2 is 1.70 bits per heavy atom. The molecule has 9 heteroatoms. The minimum absolute atomic E-state index is 0.188. The number of fused-ring (bicyclic) bond motifs is 1. The van der Waals surface area contributed by atoms with Crippen LogP contribution in [0.15, 0.2) is 24.3 Å². The summed E-state index contributed by atoms with van der Waals surface area (Å²) < 4.78 is 5.22. The van der Waals surface area contributed by atoms with Gasteiger partial charge in [-0.2, -0.15) is 0 Å². The number of aliphatic hydroxyl groups excluding tert-OH is 3. The van der Waals surface area contributed by atoms with E-state index in [1.807, 2.05) is 0 Å². The number of nitrogens with zero attached hydrogens (tertiary/aromatic N) is 1. The Labute approximate surface area is 136 Å². The maximum atomic E-state index is 12.2. The number of rotatable bonds is 3. The van der Waals surface area contributed by atoms with Gasteiger partial charge in [0, 0.05) is 0 Å². The van der Waals surface area contributed by atoms with Gasteiger partial charge in [-0.15, -0.1) is 17.7 Å². The summed E-state index contributed by atoms with van der Waals surface area (Å²) in [5.74, 6) is -1.34. The fourth-order valence-electron chi connectivity index (χ4n) is 2.57. The van der Waals surface area contributed by atoms with E-state index < -0.39 is 48.3 Å². The Kier molecular flexibility index (Phi) is 4.41. The van der Waals surface area contributed by atoms with E-state index in [0.717, 1.165) is 0 Å². The van der Waals surface area contributed by atoms with Crippen LogP contribution in [0.1, 0.15) is 20.7 Å². The highest BCUT2D eigenvalue weighted by molar-refractivity contribution is 7.80. The first-order valence-corrected chi connectivity index (χ1v) is 7.42. The molecule has 5 atom stereocenters. The summed E-state index contributed by atoms with van der Waals surface area (Å²) in [4.78, 5) is 29.7. The molecule has 8 nitrogen and oxygen atoms in total. The van der Waals surface area contributed by atoms with Crippen LogP contribution in [0.5, 0.6) is 0 Å². The number of aliphatic hydroxyl groups is 3. The average Bonchev–Trinajstić information content (AvgIpc) is 2.79. The quantitative estimate of drug-likeness (QED) is 0.409. The van der Waals surface area contributed by atoms with E-state index in [4.69, 9.17) is 14.7 Å². The standard InChI is InChI=1S/C14H15NO7S/c16-5-8-9(17)10(18)11(14(23)21-8)22-15-12(19)6-3-1-2-4-7(6)13(15)20/h1-4,8-11,14,16-18,23H,5H2/t8-,9-,10+,11-,14?/m1/s1. The highest BCUT2D eigenvalue weighted by Crippen LogP contribution is 2.29. The van der Waals surface area contributed by atoms with Crippen molar-refractivity contribution in [2.75, 3.05) is 6.61 Å². The molecule has 1 aromatic rings. The van der Waals surface area contributed by atoms with Crippen LogP contribution in [0.4, 0.5) is 0 Å². The number of imide groups is 1. The van der Waals surface area contributed by atoms with Gasteiger partial charge >= 0.3 is 0 Å². The highest BCUT2D eigenvalue weighted by Gasteiger charge is 2.47. The van der Waals surface area contributed by atoms with Crippen LogP contribution >= 0.6 is 12.6 Å². The molecule has 2 aliphatic heterocycles. The number of thiol groups is 1. The molecule has 0 radical (unpaired) electrons. The number of benzene rings is 1. The lowest BCUT2D eigenvalue weighted by atomic mass is 10.0. The Morgan fingerprint density at radius 1 is 1.13 bits per heavy atom. The normalized spacial score (nSPS) is 33.9. The van der Waals surface area contributed by atoms with Gasteiger partial charge in [0.1, 0.15) is 29.9 Å². The van der Waals surface area contributed by atoms with Crippen molar-refractivity contribution in [3.05, 3.63) is 35.4 Å². The van der Waals surface area contributed by atoms with E-state index in [9.17, 15) is 19.8 Å². The summed E-state index contributed by atoms with van der Waals surface area (Å²) in [7, 11) is 0. The largest absolute Gasteiger partial charge is 0.394 e. The maximum absolute atomic E-state index is 12.2. The molecule has 0 aliphatic carbocycles. The lowest BCUT2D eigenvalue weighted by Gasteiger charge is -2.40. The highest BCUT2D eigenvalue weighted by atomic mass is 32.1. The summed E-state index contributed by atoms with van der Waals surface area (Å²) in [6.07, 6.45) is -5.23. The Hall–Kier alpha value is -1.49. The van der Waals surface area contributed by atoms with Gasteiger partial charge in [0.05, 0.1) is 17.7 Å². The number of hydrogen-bond donors (Lipinski definition) is 4. The van der Waals surface area contributed by atoms with Crippen molar-refractivity contribution in [1.29, 1.82) is 0 Å². The van der Waals surface area contributed by atoms with Crippen LogP contribution in [0.3, 0.4) is 0 Å². The van der Waals surface area contributed by atoms with Crippen LogP contribution in [-0.4, -0.2) is 68.7 Å². The van der Waals surface area contributed by atoms with E-state index in [1.165, 1.54) is 12.1 Å². The fraction of sp³-hybridized carbons (Fsp3) is 0.429. The zero-order chi connectivity index (χ0) is 16.7. The fourth-order valence-corrected chi connectivity index (χ4v) is 2.96. The summed E-state index contributed by atoms with van der Waals surface area (Å²) in [5, 5.41) is 29.6. The Balaban J connectivity index is 1.80. The first-order valence-electron chi connectivity index (χ1n) is 6.90. The zero-order valence-electron chi connectivity index (χ0n) is 11.8. The molecule has 1 aromatic carbocycles. The van der Waals surface area contributed by atoms with E-state index in [2.05, 4.69) is 12.6 Å². The lowest BCUT2D eigenvalue weighted by Crippen LogP contribution is -2.59. The first kappa shape index (κ1) is 16.4. The van der Waals surface area contributed by atoms with Crippen molar-refractivity contribution in [1.82, 2.24) is 5.06 Å². The van der Waals surface area contributed by atoms with Crippen LogP contribution in [-0.2, 0) is 9.57 Å². The number of hydrogen-bond acceptors (Lipinski definition) is 8. The Bertz CT molecular complexity index is 604. The second kappa shape index (κ2) is 6.19. The number of amides is 2. The summed E-state index contributed by atoms with van der Waals surface area (Å²) in [6.45, 7) is -0.519. The van der Waals surface area contributed by atoms with Gasteiger partial charge in [-0.25, -0.2) is 0 Å². The molecule has 0 spiro atoms. The van der Waals surface area contributed by atoms with Gasteiger partial charge < -0.3 is 20.1 Å². The molecule has 1 saturated heterocycles. The van der Waals surface area contributed by atoms with E-state index in [1.54, 1.807) is 12.1 Å². The van der Waals surface area contributed by atoms with Gasteiger partial charge in [-0.05, 0) is 12.1 Å². The zero-order valence-corrected chi connectivity index (χ0v) is 12.7. The molecular weight excluding hydrogens is 326 g/mol. The van der Waals surface area contributed by atoms with E-state index >= 15 is 0 Å². The minimum Gasteiger partial charge on any atom is -0.394 e. The van der Waals surface area contributed by atoms with Crippen LogP contribution in [0.2, 0.25) is 0 Å². The molecule has 2 aliphatic rings. The molecule has 3 rings (SSSR count). The molecule has 1 unspecified atom stereocenters. The van der Waals surface area contributed by atoms with Crippen molar-refractivity contribution in [2.24, 2.45) is 0 Å². The summed E-state index contributed by atoms with van der Waals surface area (Å²) in [5.41, 5.74) is -0.670. The summed E-state index contributed by atoms with van der Waals surface area (Å²) in [6, 6.07) is 6.20. The van der Waals surface area contributed by atoms with Crippen molar-refractivity contribution >= 4 is 24.4 Å². The minimum atomic E-state index is -1.49. The van der Waals surface area contributed by atoms with Crippen LogP contribution in [0.25, 0.3) is 0 Å². The SMILES string of the molecule is O=C1c2ccccc2C(=O)N1O[C@H]1C(S)O[C@H](CO)[C@@H](O)[C@@H]1O. The third kappa shape index (κ3) is 2.65. The van der Waals surface area contributed by atoms with Gasteiger partial charge in [0.25, 0.3) is 11.8 Å². The molecule has 2 amide bonds. The third-order valence-corrected chi connectivity index (χ3v) is 4.24. The van der Waals surface area contributed by atoms with Crippen LogP contribution in [0, 0.1) is 0 Å². The van der Waals surface area contributed by atoms with Crippen molar-refractivity contribution in [3.63, 3.8) is 0 Å². The number of hydroxylamine groups is 2. The second-order valence-corrected chi connectivity index (χ2v) is 5.76. The molecule has 124 valence electrons. The number of carbonyl (C=O) groups excluding carboxylic acids is 2. The molecule has 1 fully saturated rings. The predicted octanol–water partition coefficient (Wildman–Crippen LogP) is -1.05. The summed E-state index contributed by atoms with van der Waals surface area (Å²) >= 11 is 4.08. The van der Waals surface area contributed by atoms with Gasteiger partial charge in [-0.1, -0.05) is 12.1 Å². The van der Waals surface area contributed by atoms with Gasteiger partial charge in [0.15, 0.2) is 0 Å². The monoisotopic (exact) mass is 341 g/mol. The van der Waals surface area contributed by atoms with E-state index in [-0.39, 0.29) is 11.1 Å². The number of ether oxygens (including phenoxy) is 1. The van der Waals surface area contributed by atoms with Gasteiger partial charge in [0.2, 0.25) is 0 Å². The molecule has 0 bridgehead atoms. The first-order chi connectivity index (χ1) is 11.0. The molecule has 0 aromatic heterocycles. The Morgan fingerprint density at radius 3 is 2.22 bits per heavy atom. The predicted molar refractivity (Wildman–Crippen MR) is 78.6 cm³/mol. The molecule has 0 saturated carbocycles. The molecule has 3 N–H and O–H groups in total. The molecule has 23 heavy (non-hydrogen) atoms. The van der Waals surface area contributed by atoms with Crippen LogP contribution < -0.4 is 0 Å². The maximum Gasteiger partial charge on any atom is 0.285 e. The average molecular weight is 341 g/mol. The van der Waals surface area contributed by atoms with Crippen molar-refractivity contribution in [3.8, 4) is 0 Å². The van der Waals surface area contributed by atoms with Crippen molar-refractivity contribution < 1.29 is 34.5 Å². The second-order valence-electron chi connectivity index (χ2n) is 5.25. The topological polar surface area (TPSA) is 117 Å². The number of carbonyl (C=O) groups is 2.